The van der Waals surface area contributed by atoms with E-state index in [-0.39, 0.29) is 18.1 Å². The largest absolute Gasteiger partial charge is 0.497 e. The van der Waals surface area contributed by atoms with E-state index in [0.29, 0.717) is 17.0 Å². The van der Waals surface area contributed by atoms with Crippen molar-refractivity contribution in [1.82, 2.24) is 10.2 Å². The third-order valence-corrected chi connectivity index (χ3v) is 4.83. The Morgan fingerprint density at radius 2 is 1.92 bits per heavy atom. The predicted octanol–water partition coefficient (Wildman–Crippen LogP) is 1.72. The SMILES string of the molecule is COc1ccc([C@@H]2c3c([nH][nH]c3=O)C[C@@](C)(O)[C@@H]2C(=O)OC(C)C)cc1. The van der Waals surface area contributed by atoms with Gasteiger partial charge >= 0.3 is 5.97 Å². The molecule has 3 N–H and O–H groups in total. The second-order valence-corrected chi connectivity index (χ2v) is 7.22. The van der Waals surface area contributed by atoms with Crippen LogP contribution in [0.5, 0.6) is 5.75 Å². The van der Waals surface area contributed by atoms with Crippen LogP contribution in [0.15, 0.2) is 29.1 Å². The van der Waals surface area contributed by atoms with Crippen molar-refractivity contribution in [3.63, 3.8) is 0 Å². The Balaban J connectivity index is 2.16. The Hall–Kier alpha value is -2.54. The van der Waals surface area contributed by atoms with Crippen LogP contribution < -0.4 is 10.3 Å². The van der Waals surface area contributed by atoms with Crippen molar-refractivity contribution in [3.8, 4) is 5.75 Å². The maximum absolute atomic E-state index is 12.8. The summed E-state index contributed by atoms with van der Waals surface area (Å²) in [7, 11) is 1.57. The predicted molar refractivity (Wildman–Crippen MR) is 95.3 cm³/mol. The van der Waals surface area contributed by atoms with Gasteiger partial charge in [0.15, 0.2) is 0 Å². The van der Waals surface area contributed by atoms with Gasteiger partial charge in [-0.15, -0.1) is 0 Å². The summed E-state index contributed by atoms with van der Waals surface area (Å²) >= 11 is 0. The van der Waals surface area contributed by atoms with E-state index in [0.717, 1.165) is 5.56 Å². The van der Waals surface area contributed by atoms with Gasteiger partial charge in [-0.3, -0.25) is 14.7 Å². The minimum atomic E-state index is -1.37. The number of H-pyrrole nitrogens is 2. The number of aliphatic hydroxyl groups is 1. The molecular formula is C19H24N2O5. The van der Waals surface area contributed by atoms with Crippen molar-refractivity contribution in [3.05, 3.63) is 51.4 Å². The summed E-state index contributed by atoms with van der Waals surface area (Å²) in [5.41, 5.74) is 0.151. The van der Waals surface area contributed by atoms with Crippen molar-refractivity contribution in [2.45, 2.75) is 44.8 Å². The molecule has 0 bridgehead atoms. The van der Waals surface area contributed by atoms with Crippen molar-refractivity contribution >= 4 is 5.97 Å². The van der Waals surface area contributed by atoms with Crippen LogP contribution >= 0.6 is 0 Å². The molecule has 0 radical (unpaired) electrons. The zero-order valence-electron chi connectivity index (χ0n) is 15.3. The highest BCUT2D eigenvalue weighted by molar-refractivity contribution is 5.77. The van der Waals surface area contributed by atoms with Crippen LogP contribution in [0.3, 0.4) is 0 Å². The fourth-order valence-corrected chi connectivity index (χ4v) is 3.73. The number of fused-ring (bicyclic) bond motifs is 1. The van der Waals surface area contributed by atoms with Gasteiger partial charge in [-0.2, -0.15) is 0 Å². The van der Waals surface area contributed by atoms with Crippen LogP contribution in [0.2, 0.25) is 0 Å². The first-order chi connectivity index (χ1) is 12.2. The van der Waals surface area contributed by atoms with E-state index in [4.69, 9.17) is 9.47 Å². The van der Waals surface area contributed by atoms with Gasteiger partial charge in [0.2, 0.25) is 0 Å². The first-order valence-electron chi connectivity index (χ1n) is 8.61. The molecule has 7 heteroatoms. The van der Waals surface area contributed by atoms with E-state index in [1.807, 2.05) is 0 Å². The molecule has 1 aliphatic carbocycles. The zero-order chi connectivity index (χ0) is 19.1. The molecule has 1 aliphatic rings. The Morgan fingerprint density at radius 3 is 2.50 bits per heavy atom. The summed E-state index contributed by atoms with van der Waals surface area (Å²) in [6.45, 7) is 5.11. The summed E-state index contributed by atoms with van der Waals surface area (Å²) in [6.07, 6.45) is -0.160. The molecule has 0 spiro atoms. The number of aromatic nitrogens is 2. The molecule has 3 rings (SSSR count). The van der Waals surface area contributed by atoms with E-state index >= 15 is 0 Å². The van der Waals surface area contributed by atoms with E-state index < -0.39 is 23.4 Å². The molecule has 140 valence electrons. The molecular weight excluding hydrogens is 336 g/mol. The molecule has 26 heavy (non-hydrogen) atoms. The topological polar surface area (TPSA) is 104 Å². The smallest absolute Gasteiger partial charge is 0.313 e. The third kappa shape index (κ3) is 3.14. The number of ether oxygens (including phenoxy) is 2. The summed E-state index contributed by atoms with van der Waals surface area (Å²) in [4.78, 5) is 25.3. The number of methoxy groups -OCH3 is 1. The summed E-state index contributed by atoms with van der Waals surface area (Å²) < 4.78 is 10.6. The monoisotopic (exact) mass is 360 g/mol. The normalized spacial score (nSPS) is 25.0. The molecule has 0 aliphatic heterocycles. The number of hydrogen-bond donors (Lipinski definition) is 3. The zero-order valence-corrected chi connectivity index (χ0v) is 15.3. The highest BCUT2D eigenvalue weighted by Gasteiger charge is 2.51. The Bertz CT molecular complexity index is 848. The average molecular weight is 360 g/mol. The molecule has 3 atom stereocenters. The quantitative estimate of drug-likeness (QED) is 0.720. The Labute approximate surface area is 151 Å². The summed E-state index contributed by atoms with van der Waals surface area (Å²) in [5, 5.41) is 16.4. The lowest BCUT2D eigenvalue weighted by atomic mass is 9.66. The van der Waals surface area contributed by atoms with E-state index in [1.165, 1.54) is 0 Å². The van der Waals surface area contributed by atoms with Crippen LogP contribution in [-0.4, -0.2) is 40.1 Å². The highest BCUT2D eigenvalue weighted by Crippen LogP contribution is 2.44. The van der Waals surface area contributed by atoms with Gasteiger partial charge in [-0.05, 0) is 38.5 Å². The van der Waals surface area contributed by atoms with Crippen LogP contribution in [0, 0.1) is 5.92 Å². The van der Waals surface area contributed by atoms with Crippen molar-refractivity contribution in [1.29, 1.82) is 0 Å². The van der Waals surface area contributed by atoms with Gasteiger partial charge in [0.25, 0.3) is 5.56 Å². The summed E-state index contributed by atoms with van der Waals surface area (Å²) in [6, 6.07) is 7.14. The summed E-state index contributed by atoms with van der Waals surface area (Å²) in [5.74, 6) is -1.37. The van der Waals surface area contributed by atoms with Crippen LogP contribution in [-0.2, 0) is 16.0 Å². The lowest BCUT2D eigenvalue weighted by Gasteiger charge is -2.40. The van der Waals surface area contributed by atoms with E-state index in [2.05, 4.69) is 10.2 Å². The van der Waals surface area contributed by atoms with Gasteiger partial charge in [-0.25, -0.2) is 0 Å². The maximum atomic E-state index is 12.8. The highest BCUT2D eigenvalue weighted by atomic mass is 16.5. The molecule has 2 aromatic rings. The van der Waals surface area contributed by atoms with Crippen molar-refractivity contribution in [2.24, 2.45) is 5.92 Å². The number of hydrogen-bond acceptors (Lipinski definition) is 5. The molecule has 0 amide bonds. The number of rotatable bonds is 4. The minimum absolute atomic E-state index is 0.158. The maximum Gasteiger partial charge on any atom is 0.313 e. The fraction of sp³-hybridized carbons (Fsp3) is 0.474. The second kappa shape index (κ2) is 6.64. The van der Waals surface area contributed by atoms with Gasteiger partial charge in [0, 0.05) is 23.6 Å². The van der Waals surface area contributed by atoms with E-state index in [9.17, 15) is 14.7 Å². The lowest BCUT2D eigenvalue weighted by molar-refractivity contribution is -0.163. The molecule has 0 fully saturated rings. The lowest BCUT2D eigenvalue weighted by Crippen LogP contribution is -2.50. The first-order valence-corrected chi connectivity index (χ1v) is 8.61. The number of benzene rings is 1. The standard InChI is InChI=1S/C19H24N2O5/c1-10(2)26-18(23)16-14(11-5-7-12(25-4)8-6-11)15-13(9-19(16,3)24)20-21-17(15)22/h5-8,10,14,16,24H,9H2,1-4H3,(H2,20,21,22)/t14-,16+,19-/m1/s1. The first kappa shape index (κ1) is 18.3. The number of aromatic amines is 2. The Morgan fingerprint density at radius 1 is 1.27 bits per heavy atom. The van der Waals surface area contributed by atoms with Gasteiger partial charge in [0.1, 0.15) is 5.75 Å². The molecule has 0 saturated carbocycles. The minimum Gasteiger partial charge on any atom is -0.497 e. The molecule has 0 unspecified atom stereocenters. The van der Waals surface area contributed by atoms with Crippen LogP contribution in [0.4, 0.5) is 0 Å². The van der Waals surface area contributed by atoms with Crippen LogP contribution in [0.25, 0.3) is 0 Å². The molecule has 7 nitrogen and oxygen atoms in total. The number of carbonyl (C=O) groups is 1. The molecule has 1 heterocycles. The molecule has 1 aromatic heterocycles. The van der Waals surface area contributed by atoms with Crippen molar-refractivity contribution in [2.75, 3.05) is 7.11 Å². The van der Waals surface area contributed by atoms with E-state index in [1.54, 1.807) is 52.1 Å². The number of nitrogens with one attached hydrogen (secondary N) is 2. The van der Waals surface area contributed by atoms with Gasteiger partial charge in [0.05, 0.1) is 24.7 Å². The molecule has 1 aromatic carbocycles. The van der Waals surface area contributed by atoms with Crippen molar-refractivity contribution < 1.29 is 19.4 Å². The Kier molecular flexibility index (Phi) is 4.66. The van der Waals surface area contributed by atoms with Crippen LogP contribution in [0.1, 0.15) is 43.5 Å². The molecule has 0 saturated heterocycles. The second-order valence-electron chi connectivity index (χ2n) is 7.22. The number of carbonyl (C=O) groups excluding carboxylic acids is 1. The third-order valence-electron chi connectivity index (χ3n) is 4.83. The number of esters is 1. The van der Waals surface area contributed by atoms with Gasteiger partial charge in [-0.1, -0.05) is 12.1 Å². The van der Waals surface area contributed by atoms with Gasteiger partial charge < -0.3 is 19.7 Å². The fourth-order valence-electron chi connectivity index (χ4n) is 3.73. The average Bonchev–Trinajstić information content (AvgIpc) is 2.92.